The van der Waals surface area contributed by atoms with Crippen molar-refractivity contribution in [3.8, 4) is 0 Å². The van der Waals surface area contributed by atoms with Gasteiger partial charge >= 0.3 is 0 Å². The summed E-state index contributed by atoms with van der Waals surface area (Å²) in [6.07, 6.45) is 0. The molecule has 0 radical (unpaired) electrons. The molecule has 2 aromatic rings. The van der Waals surface area contributed by atoms with Gasteiger partial charge in [0.25, 0.3) is 0 Å². The Morgan fingerprint density at radius 3 is 2.52 bits per heavy atom. The molecule has 0 amide bonds. The van der Waals surface area contributed by atoms with E-state index in [9.17, 15) is 12.8 Å². The Morgan fingerprint density at radius 2 is 1.90 bits per heavy atom. The second-order valence-electron chi connectivity index (χ2n) is 4.38. The summed E-state index contributed by atoms with van der Waals surface area (Å²) in [6.45, 7) is 0.118. The van der Waals surface area contributed by atoms with E-state index in [0.717, 1.165) is 5.56 Å². The normalized spacial score (nSPS) is 11.6. The fourth-order valence-electron chi connectivity index (χ4n) is 1.78. The fourth-order valence-corrected chi connectivity index (χ4v) is 3.35. The van der Waals surface area contributed by atoms with Crippen molar-refractivity contribution in [1.82, 2.24) is 4.72 Å². The number of sulfonamides is 1. The summed E-state index contributed by atoms with van der Waals surface area (Å²) >= 11 is 5.96. The number of nitrogens with one attached hydrogen (secondary N) is 1. The Bertz CT molecular complexity index is 750. The lowest BCUT2D eigenvalue weighted by molar-refractivity contribution is 0.574. The highest BCUT2D eigenvalue weighted by molar-refractivity contribution is 7.89. The lowest BCUT2D eigenvalue weighted by Gasteiger charge is -2.10. The number of hydrogen-bond acceptors (Lipinski definition) is 3. The highest BCUT2D eigenvalue weighted by Crippen LogP contribution is 2.22. The Balaban J connectivity index is 2.21. The molecule has 0 spiro atoms. The van der Waals surface area contributed by atoms with Gasteiger partial charge in [0.15, 0.2) is 0 Å². The molecule has 4 nitrogen and oxygen atoms in total. The first-order chi connectivity index (χ1) is 9.94. The van der Waals surface area contributed by atoms with Gasteiger partial charge in [-0.05, 0) is 23.8 Å². The predicted molar refractivity (Wildman–Crippen MR) is 79.8 cm³/mol. The molecule has 21 heavy (non-hydrogen) atoms. The van der Waals surface area contributed by atoms with Crippen LogP contribution in [0.25, 0.3) is 0 Å². The van der Waals surface area contributed by atoms with Crippen LogP contribution in [0.5, 0.6) is 0 Å². The molecule has 112 valence electrons. The number of hydrogen-bond donors (Lipinski definition) is 2. The van der Waals surface area contributed by atoms with E-state index < -0.39 is 15.8 Å². The van der Waals surface area contributed by atoms with E-state index in [1.165, 1.54) is 30.3 Å². The standard InChI is InChI=1S/C14H14ClFN2O2S/c15-12-7-10(8-17)5-6-14(12)21(19,20)18-9-11-3-1-2-4-13(11)16/h1-7,18H,8-9,17H2. The molecule has 0 saturated heterocycles. The zero-order chi connectivity index (χ0) is 15.5. The number of rotatable bonds is 5. The van der Waals surface area contributed by atoms with E-state index >= 15 is 0 Å². The van der Waals surface area contributed by atoms with Crippen LogP contribution in [-0.4, -0.2) is 8.42 Å². The summed E-state index contributed by atoms with van der Waals surface area (Å²) in [7, 11) is -3.82. The zero-order valence-electron chi connectivity index (χ0n) is 11.0. The highest BCUT2D eigenvalue weighted by Gasteiger charge is 2.18. The van der Waals surface area contributed by atoms with Crippen molar-refractivity contribution in [1.29, 1.82) is 0 Å². The fraction of sp³-hybridized carbons (Fsp3) is 0.143. The highest BCUT2D eigenvalue weighted by atomic mass is 35.5. The molecule has 0 heterocycles. The molecule has 0 aromatic heterocycles. The molecule has 7 heteroatoms. The summed E-state index contributed by atoms with van der Waals surface area (Å²) in [5.74, 6) is -0.468. The van der Waals surface area contributed by atoms with Gasteiger partial charge in [-0.3, -0.25) is 0 Å². The Kier molecular flexibility index (Phi) is 4.95. The van der Waals surface area contributed by atoms with Gasteiger partial charge in [0.05, 0.1) is 5.02 Å². The van der Waals surface area contributed by atoms with Crippen LogP contribution >= 0.6 is 11.6 Å². The summed E-state index contributed by atoms with van der Waals surface area (Å²) in [5, 5.41) is 0.0824. The number of nitrogens with two attached hydrogens (primary N) is 1. The third-order valence-corrected chi connectivity index (χ3v) is 4.82. The third kappa shape index (κ3) is 3.79. The number of halogens is 2. The number of benzene rings is 2. The van der Waals surface area contributed by atoms with Gasteiger partial charge < -0.3 is 5.73 Å². The van der Waals surface area contributed by atoms with Crippen LogP contribution in [0.4, 0.5) is 4.39 Å². The van der Waals surface area contributed by atoms with Crippen LogP contribution in [0.1, 0.15) is 11.1 Å². The quantitative estimate of drug-likeness (QED) is 0.885. The van der Waals surface area contributed by atoms with Crippen LogP contribution in [-0.2, 0) is 23.1 Å². The van der Waals surface area contributed by atoms with Crippen molar-refractivity contribution < 1.29 is 12.8 Å². The van der Waals surface area contributed by atoms with Gasteiger partial charge in [-0.2, -0.15) is 0 Å². The monoisotopic (exact) mass is 328 g/mol. The van der Waals surface area contributed by atoms with Crippen molar-refractivity contribution in [2.75, 3.05) is 0 Å². The molecule has 0 aliphatic carbocycles. The topological polar surface area (TPSA) is 72.2 Å². The first-order valence-corrected chi connectivity index (χ1v) is 8.01. The molecule has 3 N–H and O–H groups in total. The largest absolute Gasteiger partial charge is 0.326 e. The lowest BCUT2D eigenvalue weighted by Crippen LogP contribution is -2.24. The third-order valence-electron chi connectivity index (χ3n) is 2.93. The minimum absolute atomic E-state index is 0.0577. The van der Waals surface area contributed by atoms with E-state index in [1.54, 1.807) is 12.1 Å². The molecule has 2 aromatic carbocycles. The van der Waals surface area contributed by atoms with Gasteiger partial charge in [0.2, 0.25) is 10.0 Å². The Morgan fingerprint density at radius 1 is 1.19 bits per heavy atom. The van der Waals surface area contributed by atoms with Crippen LogP contribution in [0.2, 0.25) is 5.02 Å². The second kappa shape index (κ2) is 6.53. The summed E-state index contributed by atoms with van der Waals surface area (Å²) in [4.78, 5) is -0.0577. The molecule has 0 aliphatic heterocycles. The Hall–Kier alpha value is -1.47. The maximum absolute atomic E-state index is 13.5. The average molecular weight is 329 g/mol. The molecular formula is C14H14ClFN2O2S. The maximum Gasteiger partial charge on any atom is 0.242 e. The SMILES string of the molecule is NCc1ccc(S(=O)(=O)NCc2ccccc2F)c(Cl)c1. The average Bonchev–Trinajstić information content (AvgIpc) is 2.46. The van der Waals surface area contributed by atoms with Crippen LogP contribution in [0, 0.1) is 5.82 Å². The van der Waals surface area contributed by atoms with E-state index in [2.05, 4.69) is 4.72 Å². The van der Waals surface area contributed by atoms with Crippen LogP contribution in [0.15, 0.2) is 47.4 Å². The second-order valence-corrected chi connectivity index (χ2v) is 6.53. The molecular weight excluding hydrogens is 315 g/mol. The van der Waals surface area contributed by atoms with Crippen molar-refractivity contribution in [2.24, 2.45) is 5.73 Å². The zero-order valence-corrected chi connectivity index (χ0v) is 12.6. The minimum Gasteiger partial charge on any atom is -0.326 e. The van der Waals surface area contributed by atoms with E-state index in [4.69, 9.17) is 17.3 Å². The van der Waals surface area contributed by atoms with E-state index in [0.29, 0.717) is 0 Å². The molecule has 0 atom stereocenters. The van der Waals surface area contributed by atoms with Gasteiger partial charge in [-0.25, -0.2) is 17.5 Å². The van der Waals surface area contributed by atoms with Gasteiger partial charge in [-0.1, -0.05) is 35.9 Å². The Labute approximate surface area is 127 Å². The van der Waals surface area contributed by atoms with Gasteiger partial charge in [-0.15, -0.1) is 0 Å². The minimum atomic E-state index is -3.82. The molecule has 0 bridgehead atoms. The molecule has 0 saturated carbocycles. The summed E-state index contributed by atoms with van der Waals surface area (Å²) < 4.78 is 40.2. The van der Waals surface area contributed by atoms with Crippen LogP contribution < -0.4 is 10.5 Å². The first-order valence-electron chi connectivity index (χ1n) is 6.15. The van der Waals surface area contributed by atoms with Crippen molar-refractivity contribution >= 4 is 21.6 Å². The van der Waals surface area contributed by atoms with E-state index in [1.807, 2.05) is 0 Å². The van der Waals surface area contributed by atoms with Gasteiger partial charge in [0.1, 0.15) is 10.7 Å². The predicted octanol–water partition coefficient (Wildman–Crippen LogP) is 2.42. The molecule has 2 rings (SSSR count). The molecule has 0 unspecified atom stereocenters. The maximum atomic E-state index is 13.5. The molecule has 0 fully saturated rings. The van der Waals surface area contributed by atoms with Gasteiger partial charge in [0, 0.05) is 18.7 Å². The lowest BCUT2D eigenvalue weighted by atomic mass is 10.2. The van der Waals surface area contributed by atoms with E-state index in [-0.39, 0.29) is 28.6 Å². The summed E-state index contributed by atoms with van der Waals surface area (Å²) in [6, 6.07) is 10.4. The summed E-state index contributed by atoms with van der Waals surface area (Å²) in [5.41, 5.74) is 6.45. The smallest absolute Gasteiger partial charge is 0.242 e. The van der Waals surface area contributed by atoms with Crippen molar-refractivity contribution in [3.05, 3.63) is 64.4 Å². The van der Waals surface area contributed by atoms with Crippen LogP contribution in [0.3, 0.4) is 0 Å². The van der Waals surface area contributed by atoms with Crippen molar-refractivity contribution in [3.63, 3.8) is 0 Å². The van der Waals surface area contributed by atoms with Crippen molar-refractivity contribution in [2.45, 2.75) is 18.0 Å². The molecule has 0 aliphatic rings. The first kappa shape index (κ1) is 15.9.